The quantitative estimate of drug-likeness (QED) is 0.880. The fourth-order valence-electron chi connectivity index (χ4n) is 2.77. The van der Waals surface area contributed by atoms with Gasteiger partial charge in [0.05, 0.1) is 12.5 Å². The van der Waals surface area contributed by atoms with Gasteiger partial charge in [-0.15, -0.1) is 0 Å². The maximum absolute atomic E-state index is 10.9. The SMILES string of the molecule is O=C(O)C1CCN(Cc2ccc3c(c2)CCO3)C1. The van der Waals surface area contributed by atoms with E-state index in [0.717, 1.165) is 38.3 Å². The fourth-order valence-corrected chi connectivity index (χ4v) is 2.77. The summed E-state index contributed by atoms with van der Waals surface area (Å²) < 4.78 is 5.48. The molecule has 1 N–H and O–H groups in total. The van der Waals surface area contributed by atoms with Crippen molar-refractivity contribution in [2.75, 3.05) is 19.7 Å². The fraction of sp³-hybridized carbons (Fsp3) is 0.500. The number of hydrogen-bond acceptors (Lipinski definition) is 3. The number of nitrogens with zero attached hydrogens (tertiary/aromatic N) is 1. The maximum Gasteiger partial charge on any atom is 0.307 e. The van der Waals surface area contributed by atoms with Crippen LogP contribution in [0.5, 0.6) is 5.75 Å². The van der Waals surface area contributed by atoms with Crippen molar-refractivity contribution in [3.63, 3.8) is 0 Å². The molecule has 4 nitrogen and oxygen atoms in total. The molecule has 0 bridgehead atoms. The summed E-state index contributed by atoms with van der Waals surface area (Å²) in [5.41, 5.74) is 2.53. The average Bonchev–Trinajstić information content (AvgIpc) is 2.96. The van der Waals surface area contributed by atoms with E-state index in [0.29, 0.717) is 6.54 Å². The Balaban J connectivity index is 1.65. The van der Waals surface area contributed by atoms with Gasteiger partial charge in [-0.05, 0) is 30.2 Å². The Morgan fingerprint density at radius 3 is 3.17 bits per heavy atom. The molecule has 1 aromatic rings. The van der Waals surface area contributed by atoms with Crippen LogP contribution in [0.25, 0.3) is 0 Å². The van der Waals surface area contributed by atoms with Crippen LogP contribution in [0, 0.1) is 5.92 Å². The number of carboxylic acid groups (broad SMARTS) is 1. The molecule has 18 heavy (non-hydrogen) atoms. The predicted molar refractivity (Wildman–Crippen MR) is 66.7 cm³/mol. The van der Waals surface area contributed by atoms with Gasteiger partial charge < -0.3 is 9.84 Å². The van der Waals surface area contributed by atoms with Crippen molar-refractivity contribution in [1.82, 2.24) is 4.90 Å². The Labute approximate surface area is 106 Å². The Hall–Kier alpha value is -1.55. The molecular weight excluding hydrogens is 230 g/mol. The summed E-state index contributed by atoms with van der Waals surface area (Å²) in [6.07, 6.45) is 1.75. The summed E-state index contributed by atoms with van der Waals surface area (Å²) in [6, 6.07) is 6.30. The van der Waals surface area contributed by atoms with Crippen molar-refractivity contribution >= 4 is 5.97 Å². The lowest BCUT2D eigenvalue weighted by Crippen LogP contribution is -2.22. The second kappa shape index (κ2) is 4.61. The van der Waals surface area contributed by atoms with Crippen LogP contribution in [-0.2, 0) is 17.8 Å². The van der Waals surface area contributed by atoms with E-state index in [1.165, 1.54) is 11.1 Å². The molecule has 0 aromatic heterocycles. The molecule has 0 spiro atoms. The number of carboxylic acids is 1. The van der Waals surface area contributed by atoms with Gasteiger partial charge in [0.15, 0.2) is 0 Å². The molecule has 0 aliphatic carbocycles. The number of hydrogen-bond donors (Lipinski definition) is 1. The summed E-state index contributed by atoms with van der Waals surface area (Å²) in [4.78, 5) is 13.1. The normalized spacial score (nSPS) is 22.8. The molecule has 2 aliphatic heterocycles. The van der Waals surface area contributed by atoms with E-state index < -0.39 is 5.97 Å². The zero-order valence-electron chi connectivity index (χ0n) is 10.3. The lowest BCUT2D eigenvalue weighted by molar-refractivity contribution is -0.141. The van der Waals surface area contributed by atoms with Crippen molar-refractivity contribution < 1.29 is 14.6 Å². The monoisotopic (exact) mass is 247 g/mol. The molecule has 4 heteroatoms. The van der Waals surface area contributed by atoms with Crippen molar-refractivity contribution in [2.24, 2.45) is 5.92 Å². The summed E-state index contributed by atoms with van der Waals surface area (Å²) in [5.74, 6) is 0.145. The van der Waals surface area contributed by atoms with E-state index in [1.807, 2.05) is 6.07 Å². The van der Waals surface area contributed by atoms with E-state index in [2.05, 4.69) is 17.0 Å². The number of ether oxygens (including phenoxy) is 1. The number of rotatable bonds is 3. The van der Waals surface area contributed by atoms with Crippen molar-refractivity contribution in [2.45, 2.75) is 19.4 Å². The highest BCUT2D eigenvalue weighted by Gasteiger charge is 2.27. The first-order chi connectivity index (χ1) is 8.72. The zero-order chi connectivity index (χ0) is 12.5. The van der Waals surface area contributed by atoms with E-state index in [-0.39, 0.29) is 5.92 Å². The van der Waals surface area contributed by atoms with Crippen LogP contribution in [0.2, 0.25) is 0 Å². The van der Waals surface area contributed by atoms with Crippen LogP contribution in [0.3, 0.4) is 0 Å². The minimum absolute atomic E-state index is 0.192. The van der Waals surface area contributed by atoms with Gasteiger partial charge in [-0.3, -0.25) is 9.69 Å². The molecule has 2 heterocycles. The van der Waals surface area contributed by atoms with E-state index in [1.54, 1.807) is 0 Å². The van der Waals surface area contributed by atoms with E-state index in [4.69, 9.17) is 9.84 Å². The summed E-state index contributed by atoms with van der Waals surface area (Å²) >= 11 is 0. The van der Waals surface area contributed by atoms with Gasteiger partial charge in [0.1, 0.15) is 5.75 Å². The number of benzene rings is 1. The summed E-state index contributed by atoms with van der Waals surface area (Å²) in [5, 5.41) is 8.98. The Kier molecular flexibility index (Phi) is 2.96. The molecule has 0 amide bonds. The smallest absolute Gasteiger partial charge is 0.307 e. The van der Waals surface area contributed by atoms with Crippen LogP contribution < -0.4 is 4.74 Å². The van der Waals surface area contributed by atoms with E-state index >= 15 is 0 Å². The second-order valence-electron chi connectivity index (χ2n) is 5.10. The molecule has 96 valence electrons. The van der Waals surface area contributed by atoms with Crippen LogP contribution in [-0.4, -0.2) is 35.7 Å². The minimum atomic E-state index is -0.667. The Bertz CT molecular complexity index is 472. The molecule has 1 unspecified atom stereocenters. The summed E-state index contributed by atoms with van der Waals surface area (Å²) in [7, 11) is 0. The molecule has 2 aliphatic rings. The third-order valence-electron chi connectivity index (χ3n) is 3.78. The molecule has 0 radical (unpaired) electrons. The molecule has 1 fully saturated rings. The van der Waals surface area contributed by atoms with Crippen molar-refractivity contribution in [1.29, 1.82) is 0 Å². The second-order valence-corrected chi connectivity index (χ2v) is 5.10. The van der Waals surface area contributed by atoms with Gasteiger partial charge in [0.2, 0.25) is 0 Å². The van der Waals surface area contributed by atoms with Crippen LogP contribution in [0.15, 0.2) is 18.2 Å². The number of aliphatic carboxylic acids is 1. The number of carbonyl (C=O) groups is 1. The number of fused-ring (bicyclic) bond motifs is 1. The van der Waals surface area contributed by atoms with Gasteiger partial charge in [-0.1, -0.05) is 12.1 Å². The first-order valence-electron chi connectivity index (χ1n) is 6.42. The highest BCUT2D eigenvalue weighted by Crippen LogP contribution is 2.27. The molecule has 3 rings (SSSR count). The lowest BCUT2D eigenvalue weighted by atomic mass is 10.1. The molecule has 1 aromatic carbocycles. The first kappa shape index (κ1) is 11.5. The predicted octanol–water partition coefficient (Wildman–Crippen LogP) is 1.53. The topological polar surface area (TPSA) is 49.8 Å². The highest BCUT2D eigenvalue weighted by atomic mass is 16.5. The number of likely N-dealkylation sites (tertiary alicyclic amines) is 1. The minimum Gasteiger partial charge on any atom is -0.493 e. The standard InChI is InChI=1S/C14H17NO3/c16-14(17)12-3-5-15(9-12)8-10-1-2-13-11(7-10)4-6-18-13/h1-2,7,12H,3-6,8-9H2,(H,16,17). The lowest BCUT2D eigenvalue weighted by Gasteiger charge is -2.15. The third kappa shape index (κ3) is 2.20. The van der Waals surface area contributed by atoms with Crippen molar-refractivity contribution in [3.05, 3.63) is 29.3 Å². The zero-order valence-corrected chi connectivity index (χ0v) is 10.3. The third-order valence-corrected chi connectivity index (χ3v) is 3.78. The summed E-state index contributed by atoms with van der Waals surface area (Å²) in [6.45, 7) is 3.17. The largest absolute Gasteiger partial charge is 0.493 e. The molecule has 1 saturated heterocycles. The van der Waals surface area contributed by atoms with Crippen LogP contribution >= 0.6 is 0 Å². The van der Waals surface area contributed by atoms with Gasteiger partial charge in [-0.25, -0.2) is 0 Å². The Morgan fingerprint density at radius 2 is 2.39 bits per heavy atom. The van der Waals surface area contributed by atoms with Gasteiger partial charge in [-0.2, -0.15) is 0 Å². The van der Waals surface area contributed by atoms with E-state index in [9.17, 15) is 4.79 Å². The average molecular weight is 247 g/mol. The molecule has 0 saturated carbocycles. The van der Waals surface area contributed by atoms with Crippen LogP contribution in [0.4, 0.5) is 0 Å². The molecular formula is C14H17NO3. The molecule has 1 atom stereocenters. The maximum atomic E-state index is 10.9. The van der Waals surface area contributed by atoms with Gasteiger partial charge >= 0.3 is 5.97 Å². The van der Waals surface area contributed by atoms with Gasteiger partial charge in [0.25, 0.3) is 0 Å². The van der Waals surface area contributed by atoms with Crippen molar-refractivity contribution in [3.8, 4) is 5.75 Å². The van der Waals surface area contributed by atoms with Gasteiger partial charge in [0, 0.05) is 19.5 Å². The van der Waals surface area contributed by atoms with Crippen LogP contribution in [0.1, 0.15) is 17.5 Å². The first-order valence-corrected chi connectivity index (χ1v) is 6.42. The Morgan fingerprint density at radius 1 is 1.50 bits per heavy atom. The highest BCUT2D eigenvalue weighted by molar-refractivity contribution is 5.70.